The molecule has 0 aromatic heterocycles. The zero-order valence-electron chi connectivity index (χ0n) is 25.7. The summed E-state index contributed by atoms with van der Waals surface area (Å²) < 4.78 is 1.51. The van der Waals surface area contributed by atoms with E-state index in [9.17, 15) is 0 Å². The average Bonchev–Trinajstić information content (AvgIpc) is 3.36. The molecule has 208 valence electrons. The van der Waals surface area contributed by atoms with Gasteiger partial charge in [-0.15, -0.1) is 39.7 Å². The first kappa shape index (κ1) is 37.1. The van der Waals surface area contributed by atoms with Crippen molar-refractivity contribution in [2.75, 3.05) is 0 Å². The first-order valence-corrected chi connectivity index (χ1v) is 14.6. The normalized spacial score (nSPS) is 15.0. The van der Waals surface area contributed by atoms with E-state index in [4.69, 9.17) is 0 Å². The van der Waals surface area contributed by atoms with Gasteiger partial charge in [0.25, 0.3) is 0 Å². The summed E-state index contributed by atoms with van der Waals surface area (Å²) in [4.78, 5) is 0. The Kier molecular flexibility index (Phi) is 14.3. The van der Waals surface area contributed by atoms with E-state index < -0.39 is 0 Å². The van der Waals surface area contributed by atoms with Gasteiger partial charge in [0.05, 0.1) is 0 Å². The van der Waals surface area contributed by atoms with Gasteiger partial charge in [0.15, 0.2) is 0 Å². The third kappa shape index (κ3) is 10.6. The van der Waals surface area contributed by atoms with Crippen molar-refractivity contribution in [2.45, 2.75) is 100 Å². The molecule has 0 nitrogen and oxygen atoms in total. The fraction of sp³-hybridized carbons (Fsp3) is 0.486. The van der Waals surface area contributed by atoms with Gasteiger partial charge in [-0.1, -0.05) is 122 Å². The van der Waals surface area contributed by atoms with Gasteiger partial charge >= 0.3 is 41.3 Å². The minimum atomic E-state index is 0. The minimum Gasteiger partial charge on any atom is -1.00 e. The second kappa shape index (κ2) is 14.7. The van der Waals surface area contributed by atoms with Crippen molar-refractivity contribution >= 4 is 24.8 Å². The molecule has 0 saturated heterocycles. The molecule has 3 aromatic carbocycles. The summed E-state index contributed by atoms with van der Waals surface area (Å²) in [5.74, 6) is 0.573. The Hall–Kier alpha value is -0.877. The molecule has 0 spiro atoms. The van der Waals surface area contributed by atoms with Crippen LogP contribution < -0.4 is 24.8 Å². The first-order chi connectivity index (χ1) is 16.4. The van der Waals surface area contributed by atoms with Gasteiger partial charge in [-0.25, -0.2) is 6.08 Å². The first-order valence-electron chi connectivity index (χ1n) is 13.4. The van der Waals surface area contributed by atoms with Gasteiger partial charge < -0.3 is 24.8 Å². The molecule has 1 aliphatic rings. The van der Waals surface area contributed by atoms with Crippen LogP contribution in [0.15, 0.2) is 60.2 Å². The summed E-state index contributed by atoms with van der Waals surface area (Å²) in [6, 6.07) is 16.1. The van der Waals surface area contributed by atoms with Gasteiger partial charge in [-0.05, 0) is 10.8 Å². The van der Waals surface area contributed by atoms with Crippen molar-refractivity contribution < 1.29 is 49.0 Å². The number of rotatable bonds is 1. The van der Waals surface area contributed by atoms with Gasteiger partial charge in [-0.3, -0.25) is 6.08 Å². The van der Waals surface area contributed by atoms with Crippen LogP contribution in [-0.4, -0.2) is 3.21 Å². The summed E-state index contributed by atoms with van der Waals surface area (Å²) in [6.45, 7) is 26.8. The van der Waals surface area contributed by atoms with Crippen LogP contribution >= 0.6 is 0 Å². The molecular formula is C35H48Cl2Zr-2. The Morgan fingerprint density at radius 3 is 1.42 bits per heavy atom. The Labute approximate surface area is 261 Å². The summed E-state index contributed by atoms with van der Waals surface area (Å²) in [6.07, 6.45) is 9.00. The molecule has 1 unspecified atom stereocenters. The molecule has 3 heteroatoms. The van der Waals surface area contributed by atoms with Crippen molar-refractivity contribution in [2.24, 2.45) is 11.3 Å². The molecule has 3 aromatic rings. The fourth-order valence-electron chi connectivity index (χ4n) is 4.14. The van der Waals surface area contributed by atoms with Crippen LogP contribution in [0.25, 0.3) is 21.5 Å². The van der Waals surface area contributed by atoms with E-state index in [0.717, 1.165) is 0 Å². The molecule has 1 aliphatic carbocycles. The summed E-state index contributed by atoms with van der Waals surface area (Å²) in [5.41, 5.74) is 4.94. The number of hydrogen-bond acceptors (Lipinski definition) is 0. The van der Waals surface area contributed by atoms with Crippen LogP contribution in [0, 0.1) is 17.4 Å². The Balaban J connectivity index is 0.000000684. The van der Waals surface area contributed by atoms with Crippen LogP contribution in [0.2, 0.25) is 0 Å². The number of fused-ring (bicyclic) bond motifs is 3. The van der Waals surface area contributed by atoms with Gasteiger partial charge in [0, 0.05) is 0 Å². The van der Waals surface area contributed by atoms with E-state index in [1.807, 2.05) is 0 Å². The fourth-order valence-corrected chi connectivity index (χ4v) is 4.14. The predicted molar refractivity (Wildman–Crippen MR) is 160 cm³/mol. The van der Waals surface area contributed by atoms with E-state index in [1.165, 1.54) is 47.9 Å². The molecule has 0 N–H and O–H groups in total. The Morgan fingerprint density at radius 1 is 0.763 bits per heavy atom. The number of halogens is 2. The molecule has 0 radical (unpaired) electrons. The molecule has 4 rings (SSSR count). The predicted octanol–water partition coefficient (Wildman–Crippen LogP) is 4.42. The van der Waals surface area contributed by atoms with Crippen molar-refractivity contribution in [3.8, 4) is 0 Å². The molecule has 0 amide bonds. The van der Waals surface area contributed by atoms with Crippen molar-refractivity contribution in [1.82, 2.24) is 0 Å². The number of hydrogen-bond donors (Lipinski definition) is 0. The molecule has 0 saturated carbocycles. The van der Waals surface area contributed by atoms with Crippen LogP contribution in [0.4, 0.5) is 0 Å². The molecule has 0 aliphatic heterocycles. The zero-order chi connectivity index (χ0) is 27.5. The maximum Gasteiger partial charge on any atom is -1.00 e. The minimum absolute atomic E-state index is 0. The molecule has 0 heterocycles. The SMILES string of the molecule is CC(C)(C)c1ccc2[cH-]c3ccc(C(C)(C)C)cc3c2c1.CCC1[C-]=CC(C(C)(C)C)=C1.C[C](C)=[Zr+2].[Cl-].[Cl-]. The molecule has 38 heavy (non-hydrogen) atoms. The van der Waals surface area contributed by atoms with Crippen LogP contribution in [0.1, 0.15) is 101 Å². The van der Waals surface area contributed by atoms with E-state index in [2.05, 4.69) is 144 Å². The maximum absolute atomic E-state index is 3.35. The molecule has 1 atom stereocenters. The van der Waals surface area contributed by atoms with E-state index >= 15 is 0 Å². The quantitative estimate of drug-likeness (QED) is 0.350. The van der Waals surface area contributed by atoms with Crippen LogP contribution in [-0.2, 0) is 35.1 Å². The molecular weight excluding hydrogens is 583 g/mol. The smallest absolute Gasteiger partial charge is 1.00 e. The zero-order valence-corrected chi connectivity index (χ0v) is 29.7. The standard InChI is InChI=1S/C21H25.C11H17.C3H6.2ClH.Zr/c1-20(2,3)16-9-7-14-11-15-8-10-17(21(4,5)6)13-19(15)18(14)12-16;1-5-9-6-7-10(8-9)11(2,3)4;1-3-2;;;/h7-13H,1-6H3;7-9H,5H2,1-4H3;1-2H3;2*1H;/q2*-1;;;;+2/p-2. The Morgan fingerprint density at radius 2 is 1.16 bits per heavy atom. The number of allylic oxidation sites excluding steroid dienone is 4. The van der Waals surface area contributed by atoms with Gasteiger partial charge in [-0.2, -0.15) is 11.6 Å². The molecule has 0 bridgehead atoms. The van der Waals surface area contributed by atoms with Crippen molar-refractivity contribution in [3.63, 3.8) is 0 Å². The second-order valence-corrected chi connectivity index (χ2v) is 15.9. The third-order valence-corrected chi connectivity index (χ3v) is 6.58. The summed E-state index contributed by atoms with van der Waals surface area (Å²) >= 11 is 1.55. The van der Waals surface area contributed by atoms with E-state index in [1.54, 1.807) is 24.2 Å². The van der Waals surface area contributed by atoms with E-state index in [-0.39, 0.29) is 35.6 Å². The van der Waals surface area contributed by atoms with Gasteiger partial charge in [0.1, 0.15) is 0 Å². The van der Waals surface area contributed by atoms with Crippen molar-refractivity contribution in [1.29, 1.82) is 0 Å². The average molecular weight is 631 g/mol. The summed E-state index contributed by atoms with van der Waals surface area (Å²) in [5, 5.41) is 5.49. The van der Waals surface area contributed by atoms with Crippen LogP contribution in [0.3, 0.4) is 0 Å². The van der Waals surface area contributed by atoms with Gasteiger partial charge in [0.2, 0.25) is 0 Å². The number of benzene rings is 2. The topological polar surface area (TPSA) is 0 Å². The molecule has 0 fully saturated rings. The maximum atomic E-state index is 3.35. The second-order valence-electron chi connectivity index (χ2n) is 13.4. The van der Waals surface area contributed by atoms with E-state index in [0.29, 0.717) is 11.3 Å². The van der Waals surface area contributed by atoms with Crippen molar-refractivity contribution in [3.05, 3.63) is 77.4 Å². The largest absolute Gasteiger partial charge is 1.00 e. The summed E-state index contributed by atoms with van der Waals surface area (Å²) in [7, 11) is 0. The van der Waals surface area contributed by atoms with Crippen LogP contribution in [0.5, 0.6) is 0 Å². The monoisotopic (exact) mass is 628 g/mol. The Bertz CT molecular complexity index is 1180. The third-order valence-electron chi connectivity index (χ3n) is 6.58.